The van der Waals surface area contributed by atoms with Crippen LogP contribution in [0.2, 0.25) is 0 Å². The van der Waals surface area contributed by atoms with E-state index in [1.165, 1.54) is 42.6 Å². The SMILES string of the molecule is Cc1ccc(C)c(CC2(C)CCNC2)c1. The van der Waals surface area contributed by atoms with E-state index in [4.69, 9.17) is 0 Å². The van der Waals surface area contributed by atoms with E-state index < -0.39 is 0 Å². The van der Waals surface area contributed by atoms with E-state index in [2.05, 4.69) is 44.3 Å². The van der Waals surface area contributed by atoms with Crippen molar-refractivity contribution >= 4 is 0 Å². The topological polar surface area (TPSA) is 12.0 Å². The highest BCUT2D eigenvalue weighted by atomic mass is 14.9. The fraction of sp³-hybridized carbons (Fsp3) is 0.571. The largest absolute Gasteiger partial charge is 0.316 e. The van der Waals surface area contributed by atoms with Gasteiger partial charge in [-0.2, -0.15) is 0 Å². The van der Waals surface area contributed by atoms with Gasteiger partial charge in [0.25, 0.3) is 0 Å². The van der Waals surface area contributed by atoms with Crippen LogP contribution >= 0.6 is 0 Å². The molecule has 1 fully saturated rings. The fourth-order valence-electron chi connectivity index (χ4n) is 2.47. The fourth-order valence-corrected chi connectivity index (χ4v) is 2.47. The summed E-state index contributed by atoms with van der Waals surface area (Å²) in [6.45, 7) is 9.15. The molecule has 0 saturated carbocycles. The molecule has 1 aromatic rings. The lowest BCUT2D eigenvalue weighted by Crippen LogP contribution is -2.23. The molecule has 1 aliphatic rings. The maximum Gasteiger partial charge on any atom is 0.000883 e. The smallest absolute Gasteiger partial charge is 0.000883 e. The van der Waals surface area contributed by atoms with E-state index in [1.807, 2.05) is 0 Å². The average molecular weight is 203 g/mol. The molecule has 1 heterocycles. The Labute approximate surface area is 92.9 Å². The molecule has 0 amide bonds. The Morgan fingerprint density at radius 3 is 2.80 bits per heavy atom. The summed E-state index contributed by atoms with van der Waals surface area (Å²) in [5.41, 5.74) is 4.82. The van der Waals surface area contributed by atoms with Crippen LogP contribution in [0.25, 0.3) is 0 Å². The predicted molar refractivity (Wildman–Crippen MR) is 65.2 cm³/mol. The number of aryl methyl sites for hydroxylation is 2. The minimum atomic E-state index is 0.471. The van der Waals surface area contributed by atoms with Gasteiger partial charge < -0.3 is 5.32 Å². The van der Waals surface area contributed by atoms with Crippen molar-refractivity contribution in [1.82, 2.24) is 5.32 Å². The van der Waals surface area contributed by atoms with Gasteiger partial charge in [0.1, 0.15) is 0 Å². The van der Waals surface area contributed by atoms with Gasteiger partial charge in [0, 0.05) is 6.54 Å². The summed E-state index contributed by atoms with van der Waals surface area (Å²) >= 11 is 0. The predicted octanol–water partition coefficient (Wildman–Crippen LogP) is 2.85. The van der Waals surface area contributed by atoms with E-state index in [1.54, 1.807) is 0 Å². The van der Waals surface area contributed by atoms with Gasteiger partial charge in [-0.15, -0.1) is 0 Å². The van der Waals surface area contributed by atoms with Crippen molar-refractivity contribution < 1.29 is 0 Å². The third kappa shape index (κ3) is 2.40. The molecule has 0 bridgehead atoms. The van der Waals surface area contributed by atoms with Gasteiger partial charge in [0.05, 0.1) is 0 Å². The van der Waals surface area contributed by atoms with Crippen molar-refractivity contribution in [2.24, 2.45) is 5.41 Å². The van der Waals surface area contributed by atoms with Crippen LogP contribution in [0.4, 0.5) is 0 Å². The Morgan fingerprint density at radius 2 is 2.13 bits per heavy atom. The molecule has 15 heavy (non-hydrogen) atoms. The molecule has 0 aromatic heterocycles. The molecule has 1 nitrogen and oxygen atoms in total. The summed E-state index contributed by atoms with van der Waals surface area (Å²) in [7, 11) is 0. The van der Waals surface area contributed by atoms with Crippen LogP contribution in [0.15, 0.2) is 18.2 Å². The van der Waals surface area contributed by atoms with Gasteiger partial charge in [-0.3, -0.25) is 0 Å². The van der Waals surface area contributed by atoms with Gasteiger partial charge in [-0.05, 0) is 49.8 Å². The molecule has 1 unspecified atom stereocenters. The summed E-state index contributed by atoms with van der Waals surface area (Å²) < 4.78 is 0. The van der Waals surface area contributed by atoms with Crippen molar-refractivity contribution in [2.75, 3.05) is 13.1 Å². The molecular weight excluding hydrogens is 182 g/mol. The maximum absolute atomic E-state index is 3.47. The van der Waals surface area contributed by atoms with Crippen LogP contribution in [-0.4, -0.2) is 13.1 Å². The van der Waals surface area contributed by atoms with Crippen LogP contribution in [0.1, 0.15) is 30.0 Å². The standard InChI is InChI=1S/C14H21N/c1-11-4-5-12(2)13(8-11)9-14(3)6-7-15-10-14/h4-5,8,15H,6-7,9-10H2,1-3H3. The van der Waals surface area contributed by atoms with Gasteiger partial charge in [0.15, 0.2) is 0 Å². The highest BCUT2D eigenvalue weighted by molar-refractivity contribution is 5.31. The van der Waals surface area contributed by atoms with Crippen LogP contribution in [0, 0.1) is 19.3 Å². The molecule has 1 N–H and O–H groups in total. The quantitative estimate of drug-likeness (QED) is 0.779. The summed E-state index contributed by atoms with van der Waals surface area (Å²) in [6, 6.07) is 6.80. The minimum Gasteiger partial charge on any atom is -0.316 e. The maximum atomic E-state index is 3.47. The second-order valence-corrected chi connectivity index (χ2v) is 5.34. The summed E-state index contributed by atoms with van der Waals surface area (Å²) in [6.07, 6.45) is 2.52. The molecular formula is C14H21N. The molecule has 1 aliphatic heterocycles. The number of hydrogen-bond donors (Lipinski definition) is 1. The highest BCUT2D eigenvalue weighted by Crippen LogP contribution is 2.30. The van der Waals surface area contributed by atoms with Gasteiger partial charge in [0.2, 0.25) is 0 Å². The second kappa shape index (κ2) is 3.97. The lowest BCUT2D eigenvalue weighted by Gasteiger charge is -2.23. The Kier molecular flexibility index (Phi) is 2.83. The van der Waals surface area contributed by atoms with Gasteiger partial charge >= 0.3 is 0 Å². The first-order valence-corrected chi connectivity index (χ1v) is 5.86. The Balaban J connectivity index is 2.19. The van der Waals surface area contributed by atoms with E-state index in [9.17, 15) is 0 Å². The molecule has 1 saturated heterocycles. The first kappa shape index (κ1) is 10.7. The Hall–Kier alpha value is -0.820. The molecule has 0 radical (unpaired) electrons. The molecule has 2 rings (SSSR count). The van der Waals surface area contributed by atoms with Gasteiger partial charge in [-0.1, -0.05) is 30.7 Å². The van der Waals surface area contributed by atoms with Crippen molar-refractivity contribution in [3.05, 3.63) is 34.9 Å². The number of hydrogen-bond acceptors (Lipinski definition) is 1. The van der Waals surface area contributed by atoms with Crippen LogP contribution < -0.4 is 5.32 Å². The first-order valence-electron chi connectivity index (χ1n) is 5.86. The molecule has 1 atom stereocenters. The highest BCUT2D eigenvalue weighted by Gasteiger charge is 2.28. The first-order chi connectivity index (χ1) is 7.09. The third-order valence-electron chi connectivity index (χ3n) is 3.58. The second-order valence-electron chi connectivity index (χ2n) is 5.34. The molecule has 0 aliphatic carbocycles. The summed E-state index contributed by atoms with van der Waals surface area (Å²) in [4.78, 5) is 0. The zero-order valence-corrected chi connectivity index (χ0v) is 10.1. The molecule has 1 aromatic carbocycles. The average Bonchev–Trinajstić information content (AvgIpc) is 2.59. The van der Waals surface area contributed by atoms with Crippen molar-refractivity contribution in [3.8, 4) is 0 Å². The van der Waals surface area contributed by atoms with Crippen molar-refractivity contribution in [2.45, 2.75) is 33.6 Å². The van der Waals surface area contributed by atoms with Gasteiger partial charge in [-0.25, -0.2) is 0 Å². The number of benzene rings is 1. The molecule has 1 heteroatoms. The lowest BCUT2D eigenvalue weighted by molar-refractivity contribution is 0.362. The van der Waals surface area contributed by atoms with Crippen LogP contribution in [0.3, 0.4) is 0 Å². The summed E-state index contributed by atoms with van der Waals surface area (Å²) in [5, 5.41) is 3.47. The van der Waals surface area contributed by atoms with Crippen LogP contribution in [0.5, 0.6) is 0 Å². The summed E-state index contributed by atoms with van der Waals surface area (Å²) in [5.74, 6) is 0. The third-order valence-corrected chi connectivity index (χ3v) is 3.58. The lowest BCUT2D eigenvalue weighted by atomic mass is 9.81. The number of rotatable bonds is 2. The zero-order chi connectivity index (χ0) is 10.9. The minimum absolute atomic E-state index is 0.471. The van der Waals surface area contributed by atoms with Crippen molar-refractivity contribution in [1.29, 1.82) is 0 Å². The number of nitrogens with one attached hydrogen (secondary N) is 1. The molecule has 82 valence electrons. The van der Waals surface area contributed by atoms with E-state index in [-0.39, 0.29) is 0 Å². The van der Waals surface area contributed by atoms with Crippen LogP contribution in [-0.2, 0) is 6.42 Å². The Bertz CT molecular complexity index is 348. The normalized spacial score (nSPS) is 25.8. The van der Waals surface area contributed by atoms with E-state index in [0.29, 0.717) is 5.41 Å². The Morgan fingerprint density at radius 1 is 1.33 bits per heavy atom. The monoisotopic (exact) mass is 203 g/mol. The van der Waals surface area contributed by atoms with E-state index in [0.717, 1.165) is 0 Å². The zero-order valence-electron chi connectivity index (χ0n) is 10.1. The van der Waals surface area contributed by atoms with Crippen molar-refractivity contribution in [3.63, 3.8) is 0 Å². The van der Waals surface area contributed by atoms with E-state index >= 15 is 0 Å². The molecule has 0 spiro atoms.